The number of rotatable bonds is 13. The van der Waals surface area contributed by atoms with Crippen molar-refractivity contribution in [3.8, 4) is 11.5 Å². The minimum Gasteiger partial charge on any atom is -0.493 e. The molecule has 1 N–H and O–H groups in total. The normalized spacial score (nSPS) is 12.6. The molecular formula is C30H35Cl2N3O6S. The zero-order valence-corrected chi connectivity index (χ0v) is 26.5. The topological polar surface area (TPSA) is 105 Å². The number of amides is 2. The van der Waals surface area contributed by atoms with E-state index >= 15 is 0 Å². The van der Waals surface area contributed by atoms with Crippen LogP contribution in [0.3, 0.4) is 0 Å². The number of methoxy groups -OCH3 is 2. The zero-order chi connectivity index (χ0) is 31.0. The summed E-state index contributed by atoms with van der Waals surface area (Å²) in [5.41, 5.74) is 0.813. The van der Waals surface area contributed by atoms with Gasteiger partial charge in [-0.25, -0.2) is 8.42 Å². The molecule has 226 valence electrons. The average molecular weight is 637 g/mol. The molecule has 3 aromatic rings. The fourth-order valence-corrected chi connectivity index (χ4v) is 6.01. The van der Waals surface area contributed by atoms with Gasteiger partial charge in [-0.3, -0.25) is 13.9 Å². The molecule has 0 radical (unpaired) electrons. The predicted molar refractivity (Wildman–Crippen MR) is 165 cm³/mol. The van der Waals surface area contributed by atoms with Gasteiger partial charge in [-0.1, -0.05) is 54.4 Å². The Hall–Kier alpha value is -3.47. The first kappa shape index (κ1) is 33.0. The molecule has 3 rings (SSSR count). The molecule has 0 spiro atoms. The van der Waals surface area contributed by atoms with Crippen molar-refractivity contribution in [1.29, 1.82) is 0 Å². The molecule has 42 heavy (non-hydrogen) atoms. The smallest absolute Gasteiger partial charge is 0.264 e. The molecule has 0 aromatic heterocycles. The third-order valence-corrected chi connectivity index (χ3v) is 9.15. The van der Waals surface area contributed by atoms with E-state index in [-0.39, 0.29) is 34.8 Å². The molecule has 2 atom stereocenters. The first-order valence-electron chi connectivity index (χ1n) is 13.3. The standard InChI is InChI=1S/C30H35Cl2N3O6S/c1-6-20(2)33-30(37)21(3)34(18-22-12-13-23(31)16-26(22)32)29(36)19-35(24-10-8-7-9-11-24)42(38,39)25-14-15-27(40-4)28(17-25)41-5/h7-17,20-21H,6,18-19H2,1-5H3,(H,33,37)/t20-,21+/m1/s1. The van der Waals surface area contributed by atoms with Gasteiger partial charge in [0.2, 0.25) is 11.8 Å². The van der Waals surface area contributed by atoms with Crippen LogP contribution >= 0.6 is 23.2 Å². The number of carbonyl (C=O) groups is 2. The molecule has 0 heterocycles. The van der Waals surface area contributed by atoms with Crippen LogP contribution in [0, 0.1) is 0 Å². The van der Waals surface area contributed by atoms with E-state index in [1.54, 1.807) is 55.5 Å². The second-order valence-corrected chi connectivity index (χ2v) is 12.3. The first-order valence-corrected chi connectivity index (χ1v) is 15.5. The van der Waals surface area contributed by atoms with Crippen LogP contribution < -0.4 is 19.1 Å². The van der Waals surface area contributed by atoms with Crippen LogP contribution in [0.15, 0.2) is 71.6 Å². The minimum atomic E-state index is -4.29. The Kier molecular flexibility index (Phi) is 11.5. The van der Waals surface area contributed by atoms with Gasteiger partial charge in [-0.2, -0.15) is 0 Å². The second kappa shape index (κ2) is 14.6. The molecular weight excluding hydrogens is 601 g/mol. The lowest BCUT2D eigenvalue weighted by atomic mass is 10.1. The maximum Gasteiger partial charge on any atom is 0.264 e. The third-order valence-electron chi connectivity index (χ3n) is 6.79. The average Bonchev–Trinajstić information content (AvgIpc) is 2.98. The first-order chi connectivity index (χ1) is 19.9. The summed E-state index contributed by atoms with van der Waals surface area (Å²) in [4.78, 5) is 28.4. The van der Waals surface area contributed by atoms with Crippen molar-refractivity contribution in [2.24, 2.45) is 0 Å². The highest BCUT2D eigenvalue weighted by Crippen LogP contribution is 2.32. The highest BCUT2D eigenvalue weighted by atomic mass is 35.5. The molecule has 0 saturated carbocycles. The molecule has 0 unspecified atom stereocenters. The molecule has 0 aliphatic carbocycles. The quantitative estimate of drug-likeness (QED) is 0.264. The van der Waals surface area contributed by atoms with Gasteiger partial charge in [-0.15, -0.1) is 0 Å². The highest BCUT2D eigenvalue weighted by Gasteiger charge is 2.33. The minimum absolute atomic E-state index is 0.0526. The van der Waals surface area contributed by atoms with Crippen molar-refractivity contribution in [3.05, 3.63) is 82.3 Å². The van der Waals surface area contributed by atoms with E-state index < -0.39 is 28.5 Å². The Morgan fingerprint density at radius 1 is 0.929 bits per heavy atom. The van der Waals surface area contributed by atoms with Gasteiger partial charge in [-0.05, 0) is 62.2 Å². The highest BCUT2D eigenvalue weighted by molar-refractivity contribution is 7.92. The number of benzene rings is 3. The lowest BCUT2D eigenvalue weighted by Crippen LogP contribution is -2.52. The van der Waals surface area contributed by atoms with Gasteiger partial charge >= 0.3 is 0 Å². The number of anilines is 1. The Morgan fingerprint density at radius 2 is 1.60 bits per heavy atom. The Balaban J connectivity index is 2.06. The van der Waals surface area contributed by atoms with Crippen LogP contribution in [-0.2, 0) is 26.2 Å². The Bertz CT molecular complexity index is 1500. The summed E-state index contributed by atoms with van der Waals surface area (Å²) in [6.07, 6.45) is 0.695. The lowest BCUT2D eigenvalue weighted by Gasteiger charge is -2.32. The van der Waals surface area contributed by atoms with Crippen LogP contribution in [0.4, 0.5) is 5.69 Å². The van der Waals surface area contributed by atoms with Gasteiger partial charge in [0.25, 0.3) is 10.0 Å². The van der Waals surface area contributed by atoms with E-state index in [4.69, 9.17) is 32.7 Å². The Labute approximate surface area is 257 Å². The van der Waals surface area contributed by atoms with Crippen LogP contribution in [0.1, 0.15) is 32.8 Å². The molecule has 3 aromatic carbocycles. The SMILES string of the molecule is CC[C@@H](C)NC(=O)[C@H](C)N(Cc1ccc(Cl)cc1Cl)C(=O)CN(c1ccccc1)S(=O)(=O)c1ccc(OC)c(OC)c1. The maximum absolute atomic E-state index is 14.0. The van der Waals surface area contributed by atoms with Crippen molar-refractivity contribution in [3.63, 3.8) is 0 Å². The van der Waals surface area contributed by atoms with Crippen molar-refractivity contribution in [1.82, 2.24) is 10.2 Å². The number of nitrogens with one attached hydrogen (secondary N) is 1. The predicted octanol–water partition coefficient (Wildman–Crippen LogP) is 5.54. The number of halogens is 2. The summed E-state index contributed by atoms with van der Waals surface area (Å²) >= 11 is 12.5. The number of ether oxygens (including phenoxy) is 2. The third kappa shape index (κ3) is 7.87. The molecule has 12 heteroatoms. The molecule has 9 nitrogen and oxygen atoms in total. The van der Waals surface area contributed by atoms with Crippen molar-refractivity contribution in [2.75, 3.05) is 25.1 Å². The van der Waals surface area contributed by atoms with Crippen LogP contribution in [0.2, 0.25) is 10.0 Å². The van der Waals surface area contributed by atoms with E-state index in [0.29, 0.717) is 27.8 Å². The lowest BCUT2D eigenvalue weighted by molar-refractivity contribution is -0.139. The Morgan fingerprint density at radius 3 is 2.19 bits per heavy atom. The van der Waals surface area contributed by atoms with Gasteiger partial charge in [0.15, 0.2) is 11.5 Å². The second-order valence-electron chi connectivity index (χ2n) is 9.62. The van der Waals surface area contributed by atoms with E-state index in [0.717, 1.165) is 4.31 Å². The van der Waals surface area contributed by atoms with E-state index in [2.05, 4.69) is 5.32 Å². The zero-order valence-electron chi connectivity index (χ0n) is 24.1. The molecule has 0 aliphatic heterocycles. The van der Waals surface area contributed by atoms with E-state index in [1.807, 2.05) is 13.8 Å². The van der Waals surface area contributed by atoms with E-state index in [1.165, 1.54) is 37.3 Å². The number of hydrogen-bond donors (Lipinski definition) is 1. The molecule has 0 fully saturated rings. The monoisotopic (exact) mass is 635 g/mol. The van der Waals surface area contributed by atoms with Gasteiger partial charge in [0.1, 0.15) is 12.6 Å². The summed E-state index contributed by atoms with van der Waals surface area (Å²) in [7, 11) is -1.44. The van der Waals surface area contributed by atoms with Gasteiger partial charge in [0, 0.05) is 28.7 Å². The van der Waals surface area contributed by atoms with Gasteiger partial charge < -0.3 is 19.7 Å². The number of para-hydroxylation sites is 1. The molecule has 0 saturated heterocycles. The van der Waals surface area contributed by atoms with Crippen molar-refractivity contribution >= 4 is 50.7 Å². The fourth-order valence-electron chi connectivity index (χ4n) is 4.11. The summed E-state index contributed by atoms with van der Waals surface area (Å²) < 4.78 is 39.7. The summed E-state index contributed by atoms with van der Waals surface area (Å²) in [6, 6.07) is 16.2. The number of nitrogens with zero attached hydrogens (tertiary/aromatic N) is 2. The molecule has 0 aliphatic rings. The van der Waals surface area contributed by atoms with Crippen LogP contribution in [0.5, 0.6) is 11.5 Å². The largest absolute Gasteiger partial charge is 0.493 e. The van der Waals surface area contributed by atoms with Crippen molar-refractivity contribution < 1.29 is 27.5 Å². The van der Waals surface area contributed by atoms with E-state index in [9.17, 15) is 18.0 Å². The van der Waals surface area contributed by atoms with Gasteiger partial charge in [0.05, 0.1) is 24.8 Å². The number of carbonyl (C=O) groups excluding carboxylic acids is 2. The van der Waals surface area contributed by atoms with Crippen LogP contribution in [0.25, 0.3) is 0 Å². The number of sulfonamides is 1. The van der Waals surface area contributed by atoms with Crippen molar-refractivity contribution in [2.45, 2.75) is 50.7 Å². The van der Waals surface area contributed by atoms with Crippen LogP contribution in [-0.4, -0.2) is 58.0 Å². The number of hydrogen-bond acceptors (Lipinski definition) is 6. The maximum atomic E-state index is 14.0. The summed E-state index contributed by atoms with van der Waals surface area (Å²) in [5.74, 6) is -0.421. The molecule has 0 bridgehead atoms. The summed E-state index contributed by atoms with van der Waals surface area (Å²) in [5, 5.41) is 3.62. The summed E-state index contributed by atoms with van der Waals surface area (Å²) in [6.45, 7) is 4.74. The molecule has 2 amide bonds. The fraction of sp³-hybridized carbons (Fsp3) is 0.333.